The van der Waals surface area contributed by atoms with Gasteiger partial charge in [-0.2, -0.15) is 0 Å². The zero-order valence-corrected chi connectivity index (χ0v) is 25.8. The third-order valence-corrected chi connectivity index (χ3v) is 11.6. The predicted octanol–water partition coefficient (Wildman–Crippen LogP) is 10.8. The standard InChI is InChI=1S/C39H21N5S2/c1-2-10-22(11-3-1)43-28-17-9-19-41-34(28)33-36(43)31-25-13-4-6-15-27(25)44(35(31)32-26-20-40-21-42-39(26)46-38(32)33)29-16-8-14-24-23-12-5-7-18-30(23)45-37(24)29/h1-21H. The summed E-state index contributed by atoms with van der Waals surface area (Å²) in [6.07, 6.45) is 5.55. The van der Waals surface area contributed by atoms with E-state index in [2.05, 4.69) is 117 Å². The average molecular weight is 624 g/mol. The maximum Gasteiger partial charge on any atom is 0.127 e. The molecule has 0 N–H and O–H groups in total. The van der Waals surface area contributed by atoms with Crippen molar-refractivity contribution in [2.24, 2.45) is 0 Å². The fraction of sp³-hybridized carbons (Fsp3) is 0. The van der Waals surface area contributed by atoms with Crippen LogP contribution < -0.4 is 0 Å². The molecule has 6 aromatic heterocycles. The summed E-state index contributed by atoms with van der Waals surface area (Å²) in [6.45, 7) is 0. The largest absolute Gasteiger partial charge is 0.307 e. The fourth-order valence-electron chi connectivity index (χ4n) is 7.54. The zero-order valence-electron chi connectivity index (χ0n) is 24.2. The summed E-state index contributed by atoms with van der Waals surface area (Å²) < 4.78 is 8.67. The monoisotopic (exact) mass is 623 g/mol. The number of pyridine rings is 1. The Morgan fingerprint density at radius 2 is 1.30 bits per heavy atom. The third-order valence-electron chi connectivity index (χ3n) is 9.31. The molecular weight excluding hydrogens is 603 g/mol. The van der Waals surface area contributed by atoms with Crippen molar-refractivity contribution in [2.45, 2.75) is 0 Å². The van der Waals surface area contributed by atoms with Crippen molar-refractivity contribution >= 4 is 107 Å². The highest BCUT2D eigenvalue weighted by molar-refractivity contribution is 7.27. The van der Waals surface area contributed by atoms with Crippen LogP contribution in [0.3, 0.4) is 0 Å². The summed E-state index contributed by atoms with van der Waals surface area (Å²) in [7, 11) is 0. The van der Waals surface area contributed by atoms with Crippen LogP contribution in [0.15, 0.2) is 128 Å². The van der Waals surface area contributed by atoms with Gasteiger partial charge in [0.25, 0.3) is 0 Å². The summed E-state index contributed by atoms with van der Waals surface area (Å²) in [4.78, 5) is 15.3. The predicted molar refractivity (Wildman–Crippen MR) is 194 cm³/mol. The summed E-state index contributed by atoms with van der Waals surface area (Å²) in [6, 6.07) is 39.2. The van der Waals surface area contributed by atoms with Crippen LogP contribution in [0.5, 0.6) is 0 Å². The van der Waals surface area contributed by atoms with Crippen LogP contribution in [0, 0.1) is 0 Å². The van der Waals surface area contributed by atoms with Gasteiger partial charge in [-0.1, -0.05) is 66.7 Å². The number of thiophene rings is 2. The van der Waals surface area contributed by atoms with Gasteiger partial charge in [0.2, 0.25) is 0 Å². The molecule has 0 aliphatic rings. The maximum atomic E-state index is 5.04. The van der Waals surface area contributed by atoms with E-state index < -0.39 is 0 Å². The lowest BCUT2D eigenvalue weighted by Crippen LogP contribution is -1.96. The van der Waals surface area contributed by atoms with Gasteiger partial charge in [-0.15, -0.1) is 22.7 Å². The Labute approximate surface area is 269 Å². The molecule has 5 nitrogen and oxygen atoms in total. The SMILES string of the molecule is c1ccc(-n2c3cccnc3c3c4sc5ncncc5c4c4c(c5ccccc5n4-c4cccc5c4sc4ccccc45)c32)cc1. The molecule has 0 saturated heterocycles. The van der Waals surface area contributed by atoms with Crippen molar-refractivity contribution in [3.63, 3.8) is 0 Å². The molecule has 0 spiro atoms. The van der Waals surface area contributed by atoms with Crippen molar-refractivity contribution in [3.05, 3.63) is 128 Å². The highest BCUT2D eigenvalue weighted by Crippen LogP contribution is 2.51. The van der Waals surface area contributed by atoms with Gasteiger partial charge in [-0.05, 0) is 42.5 Å². The van der Waals surface area contributed by atoms with Gasteiger partial charge in [-0.25, -0.2) is 9.97 Å². The minimum Gasteiger partial charge on any atom is -0.307 e. The number of aromatic nitrogens is 5. The number of fused-ring (bicyclic) bond motifs is 15. The van der Waals surface area contributed by atoms with E-state index in [-0.39, 0.29) is 0 Å². The average Bonchev–Trinajstić information content (AvgIpc) is 3.86. The lowest BCUT2D eigenvalue weighted by molar-refractivity contribution is 1.18. The molecule has 11 aromatic rings. The lowest BCUT2D eigenvalue weighted by Gasteiger charge is -2.12. The summed E-state index contributed by atoms with van der Waals surface area (Å²) in [5.41, 5.74) is 7.89. The molecule has 214 valence electrons. The molecule has 46 heavy (non-hydrogen) atoms. The molecule has 0 amide bonds. The fourth-order valence-corrected chi connectivity index (χ4v) is 9.91. The Bertz CT molecular complexity index is 3040. The summed E-state index contributed by atoms with van der Waals surface area (Å²) >= 11 is 3.60. The topological polar surface area (TPSA) is 48.5 Å². The van der Waals surface area contributed by atoms with Crippen LogP contribution in [-0.4, -0.2) is 24.1 Å². The first-order valence-corrected chi connectivity index (χ1v) is 16.8. The zero-order chi connectivity index (χ0) is 29.9. The lowest BCUT2D eigenvalue weighted by atomic mass is 10.0. The molecule has 6 heterocycles. The van der Waals surface area contributed by atoms with E-state index in [0.717, 1.165) is 32.3 Å². The van der Waals surface area contributed by atoms with E-state index in [1.807, 2.05) is 29.8 Å². The highest BCUT2D eigenvalue weighted by Gasteiger charge is 2.28. The van der Waals surface area contributed by atoms with Gasteiger partial charge in [-0.3, -0.25) is 4.98 Å². The Morgan fingerprint density at radius 3 is 2.24 bits per heavy atom. The number of benzene rings is 5. The minimum atomic E-state index is 0.979. The molecule has 0 radical (unpaired) electrons. The smallest absolute Gasteiger partial charge is 0.127 e. The number of nitrogens with zero attached hydrogens (tertiary/aromatic N) is 5. The first-order valence-electron chi connectivity index (χ1n) is 15.2. The van der Waals surface area contributed by atoms with Crippen molar-refractivity contribution in [3.8, 4) is 11.4 Å². The molecule has 0 bridgehead atoms. The second-order valence-electron chi connectivity index (χ2n) is 11.6. The van der Waals surface area contributed by atoms with Crippen molar-refractivity contribution < 1.29 is 0 Å². The maximum absolute atomic E-state index is 5.04. The van der Waals surface area contributed by atoms with Crippen molar-refractivity contribution in [1.29, 1.82) is 0 Å². The number of para-hydroxylation sites is 2. The molecular formula is C39H21N5S2. The molecule has 11 rings (SSSR count). The van der Waals surface area contributed by atoms with Crippen LogP contribution in [0.25, 0.3) is 95.6 Å². The molecule has 7 heteroatoms. The Hall–Kier alpha value is -5.63. The van der Waals surface area contributed by atoms with Crippen LogP contribution in [0.1, 0.15) is 0 Å². The summed E-state index contributed by atoms with van der Waals surface area (Å²) in [5, 5.41) is 8.40. The second kappa shape index (κ2) is 8.97. The van der Waals surface area contributed by atoms with Crippen LogP contribution in [-0.2, 0) is 0 Å². The van der Waals surface area contributed by atoms with Gasteiger partial charge in [0, 0.05) is 60.5 Å². The molecule has 0 saturated carbocycles. The number of rotatable bonds is 2. The first-order chi connectivity index (χ1) is 22.9. The molecule has 5 aromatic carbocycles. The minimum absolute atomic E-state index is 0.979. The normalized spacial score (nSPS) is 12.3. The van der Waals surface area contributed by atoms with Gasteiger partial charge >= 0.3 is 0 Å². The second-order valence-corrected chi connectivity index (χ2v) is 13.7. The Balaban J connectivity index is 1.49. The number of hydrogen-bond acceptors (Lipinski definition) is 5. The van der Waals surface area contributed by atoms with Gasteiger partial charge in [0.05, 0.1) is 42.7 Å². The molecule has 0 atom stereocenters. The van der Waals surface area contributed by atoms with E-state index in [1.54, 1.807) is 17.7 Å². The first kappa shape index (κ1) is 24.7. The number of hydrogen-bond donors (Lipinski definition) is 0. The van der Waals surface area contributed by atoms with E-state index in [0.29, 0.717) is 0 Å². The highest BCUT2D eigenvalue weighted by atomic mass is 32.1. The Kier molecular flexibility index (Phi) is 4.81. The molecule has 0 aliphatic heterocycles. The van der Waals surface area contributed by atoms with Crippen molar-refractivity contribution in [2.75, 3.05) is 0 Å². The van der Waals surface area contributed by atoms with Crippen LogP contribution >= 0.6 is 22.7 Å². The van der Waals surface area contributed by atoms with Crippen molar-refractivity contribution in [1.82, 2.24) is 24.1 Å². The van der Waals surface area contributed by atoms with E-state index in [1.165, 1.54) is 63.3 Å². The van der Waals surface area contributed by atoms with Crippen LogP contribution in [0.2, 0.25) is 0 Å². The summed E-state index contributed by atoms with van der Waals surface area (Å²) in [5.74, 6) is 0. The third kappa shape index (κ3) is 3.06. The Morgan fingerprint density at radius 1 is 0.522 bits per heavy atom. The quantitative estimate of drug-likeness (QED) is 0.192. The van der Waals surface area contributed by atoms with Gasteiger partial charge in [0.1, 0.15) is 11.2 Å². The molecule has 0 unspecified atom stereocenters. The van der Waals surface area contributed by atoms with E-state index in [9.17, 15) is 0 Å². The van der Waals surface area contributed by atoms with Crippen LogP contribution in [0.4, 0.5) is 0 Å². The molecule has 0 fully saturated rings. The van der Waals surface area contributed by atoms with E-state index in [4.69, 9.17) is 9.97 Å². The van der Waals surface area contributed by atoms with E-state index >= 15 is 0 Å². The van der Waals surface area contributed by atoms with Gasteiger partial charge in [0.15, 0.2) is 0 Å². The molecule has 0 aliphatic carbocycles. The van der Waals surface area contributed by atoms with Gasteiger partial charge < -0.3 is 9.13 Å².